The molecule has 1 unspecified atom stereocenters. The van der Waals surface area contributed by atoms with E-state index < -0.39 is 5.97 Å². The molecule has 0 spiro atoms. The average Bonchev–Trinajstić information content (AvgIpc) is 2.42. The number of hydrogen-bond donors (Lipinski definition) is 1. The van der Waals surface area contributed by atoms with Crippen molar-refractivity contribution in [1.29, 1.82) is 0 Å². The highest BCUT2D eigenvalue weighted by Gasteiger charge is 2.15. The molecule has 1 atom stereocenters. The molecule has 4 heteroatoms. The number of nitrogens with zero attached hydrogens (tertiary/aromatic N) is 1. The molecule has 0 radical (unpaired) electrons. The monoisotopic (exact) mass is 279 g/mol. The fraction of sp³-hybridized carbons (Fsp3) is 0.562. The molecular weight excluding hydrogens is 254 g/mol. The highest BCUT2D eigenvalue weighted by molar-refractivity contribution is 5.67. The molecule has 0 saturated heterocycles. The van der Waals surface area contributed by atoms with Gasteiger partial charge < -0.3 is 9.84 Å². The molecule has 1 aromatic carbocycles. The van der Waals surface area contributed by atoms with Crippen molar-refractivity contribution in [2.24, 2.45) is 0 Å². The summed E-state index contributed by atoms with van der Waals surface area (Å²) in [5.41, 5.74) is 1.17. The van der Waals surface area contributed by atoms with E-state index >= 15 is 0 Å². The fourth-order valence-electron chi connectivity index (χ4n) is 2.11. The minimum atomic E-state index is -0.751. The smallest absolute Gasteiger partial charge is 0.304 e. The summed E-state index contributed by atoms with van der Waals surface area (Å²) in [5.74, 6) is 0.136. The molecule has 0 aliphatic carbocycles. The van der Waals surface area contributed by atoms with Crippen molar-refractivity contribution in [1.82, 2.24) is 4.90 Å². The van der Waals surface area contributed by atoms with Gasteiger partial charge in [0.1, 0.15) is 5.75 Å². The highest BCUT2D eigenvalue weighted by Crippen LogP contribution is 2.15. The van der Waals surface area contributed by atoms with Gasteiger partial charge in [-0.1, -0.05) is 26.0 Å². The van der Waals surface area contributed by atoms with Crippen LogP contribution in [-0.2, 0) is 11.3 Å². The molecule has 0 bridgehead atoms. The Morgan fingerprint density at radius 3 is 2.45 bits per heavy atom. The van der Waals surface area contributed by atoms with Gasteiger partial charge in [0.25, 0.3) is 0 Å². The number of benzene rings is 1. The van der Waals surface area contributed by atoms with Crippen molar-refractivity contribution in [3.05, 3.63) is 29.8 Å². The number of carboxylic acids is 1. The third kappa shape index (κ3) is 5.61. The summed E-state index contributed by atoms with van der Waals surface area (Å²) in [7, 11) is 0. The highest BCUT2D eigenvalue weighted by atomic mass is 16.5. The van der Waals surface area contributed by atoms with E-state index in [4.69, 9.17) is 9.84 Å². The number of aliphatic carboxylic acids is 1. The average molecular weight is 279 g/mol. The molecule has 4 nitrogen and oxygen atoms in total. The Kier molecular flexibility index (Phi) is 7.09. The van der Waals surface area contributed by atoms with E-state index in [1.807, 2.05) is 31.2 Å². The van der Waals surface area contributed by atoms with Gasteiger partial charge in [0.2, 0.25) is 0 Å². The van der Waals surface area contributed by atoms with E-state index in [0.717, 1.165) is 31.9 Å². The van der Waals surface area contributed by atoms with Crippen LogP contribution < -0.4 is 4.74 Å². The first-order valence-corrected chi connectivity index (χ1v) is 7.24. The summed E-state index contributed by atoms with van der Waals surface area (Å²) in [5, 5.41) is 8.87. The molecular formula is C16H25NO3. The lowest BCUT2D eigenvalue weighted by atomic mass is 10.1. The Hall–Kier alpha value is -1.55. The minimum absolute atomic E-state index is 0.0357. The van der Waals surface area contributed by atoms with Crippen LogP contribution in [0.2, 0.25) is 0 Å². The summed E-state index contributed by atoms with van der Waals surface area (Å²) >= 11 is 0. The second-order valence-corrected chi connectivity index (χ2v) is 5.00. The molecule has 1 N–H and O–H groups in total. The predicted octanol–water partition coefficient (Wildman–Crippen LogP) is 3.16. The van der Waals surface area contributed by atoms with Crippen molar-refractivity contribution < 1.29 is 14.6 Å². The van der Waals surface area contributed by atoms with Crippen LogP contribution in [0.5, 0.6) is 5.75 Å². The lowest BCUT2D eigenvalue weighted by molar-refractivity contribution is -0.138. The quantitative estimate of drug-likeness (QED) is 0.754. The Morgan fingerprint density at radius 1 is 1.30 bits per heavy atom. The Morgan fingerprint density at radius 2 is 1.95 bits per heavy atom. The van der Waals surface area contributed by atoms with Gasteiger partial charge in [0, 0.05) is 12.6 Å². The molecule has 0 aliphatic rings. The van der Waals surface area contributed by atoms with E-state index in [9.17, 15) is 4.79 Å². The van der Waals surface area contributed by atoms with Crippen LogP contribution in [0.3, 0.4) is 0 Å². The van der Waals surface area contributed by atoms with Crippen LogP contribution in [0.1, 0.15) is 39.2 Å². The standard InChI is InChI=1S/C16H25NO3/c1-4-10-20-15-8-6-14(7-9-15)12-17(5-2)13(3)11-16(18)19/h6-9,13H,4-5,10-12H2,1-3H3,(H,18,19). The predicted molar refractivity (Wildman–Crippen MR) is 80.0 cm³/mol. The van der Waals surface area contributed by atoms with E-state index in [-0.39, 0.29) is 12.5 Å². The van der Waals surface area contributed by atoms with E-state index in [1.54, 1.807) is 0 Å². The van der Waals surface area contributed by atoms with Crippen LogP contribution in [-0.4, -0.2) is 35.2 Å². The zero-order valence-electron chi connectivity index (χ0n) is 12.6. The zero-order valence-corrected chi connectivity index (χ0v) is 12.6. The lowest BCUT2D eigenvalue weighted by Gasteiger charge is -2.26. The maximum absolute atomic E-state index is 10.8. The fourth-order valence-corrected chi connectivity index (χ4v) is 2.11. The van der Waals surface area contributed by atoms with Crippen molar-refractivity contribution >= 4 is 5.97 Å². The van der Waals surface area contributed by atoms with Gasteiger partial charge in [-0.15, -0.1) is 0 Å². The number of carboxylic acid groups (broad SMARTS) is 1. The molecule has 0 aromatic heterocycles. The molecule has 0 amide bonds. The SMILES string of the molecule is CCCOc1ccc(CN(CC)C(C)CC(=O)O)cc1. The van der Waals surface area contributed by atoms with Crippen molar-refractivity contribution in [3.8, 4) is 5.75 Å². The van der Waals surface area contributed by atoms with Gasteiger partial charge in [-0.05, 0) is 37.6 Å². The molecule has 112 valence electrons. The molecule has 1 rings (SSSR count). The second kappa shape index (κ2) is 8.59. The summed E-state index contributed by atoms with van der Waals surface area (Å²) in [6.07, 6.45) is 1.17. The summed E-state index contributed by atoms with van der Waals surface area (Å²) < 4.78 is 5.55. The second-order valence-electron chi connectivity index (χ2n) is 5.00. The van der Waals surface area contributed by atoms with Crippen molar-refractivity contribution in [3.63, 3.8) is 0 Å². The van der Waals surface area contributed by atoms with Gasteiger partial charge in [-0.25, -0.2) is 0 Å². The maximum Gasteiger partial charge on any atom is 0.304 e. The summed E-state index contributed by atoms with van der Waals surface area (Å²) in [6.45, 7) is 8.42. The molecule has 0 fully saturated rings. The number of carbonyl (C=O) groups is 1. The normalized spacial score (nSPS) is 12.4. The van der Waals surface area contributed by atoms with E-state index in [0.29, 0.717) is 0 Å². The molecule has 0 saturated carbocycles. The Bertz CT molecular complexity index is 403. The van der Waals surface area contributed by atoms with Gasteiger partial charge >= 0.3 is 5.97 Å². The Labute approximate surface area is 121 Å². The van der Waals surface area contributed by atoms with Crippen LogP contribution in [0.4, 0.5) is 0 Å². The van der Waals surface area contributed by atoms with Crippen LogP contribution in [0.25, 0.3) is 0 Å². The van der Waals surface area contributed by atoms with Crippen molar-refractivity contribution in [2.75, 3.05) is 13.2 Å². The Balaban J connectivity index is 2.58. The largest absolute Gasteiger partial charge is 0.494 e. The lowest BCUT2D eigenvalue weighted by Crippen LogP contribution is -2.34. The van der Waals surface area contributed by atoms with E-state index in [1.165, 1.54) is 5.56 Å². The van der Waals surface area contributed by atoms with E-state index in [2.05, 4.69) is 18.7 Å². The van der Waals surface area contributed by atoms with Crippen molar-refractivity contribution in [2.45, 2.75) is 46.2 Å². The van der Waals surface area contributed by atoms with Crippen LogP contribution in [0, 0.1) is 0 Å². The molecule has 0 aliphatic heterocycles. The molecule has 20 heavy (non-hydrogen) atoms. The summed E-state index contributed by atoms with van der Waals surface area (Å²) in [4.78, 5) is 12.9. The number of ether oxygens (including phenoxy) is 1. The number of rotatable bonds is 9. The molecule has 0 heterocycles. The van der Waals surface area contributed by atoms with Gasteiger partial charge in [0.05, 0.1) is 13.0 Å². The molecule has 1 aromatic rings. The first kappa shape index (κ1) is 16.5. The third-order valence-corrected chi connectivity index (χ3v) is 3.28. The van der Waals surface area contributed by atoms with Gasteiger partial charge in [0.15, 0.2) is 0 Å². The number of hydrogen-bond acceptors (Lipinski definition) is 3. The van der Waals surface area contributed by atoms with Crippen LogP contribution in [0.15, 0.2) is 24.3 Å². The first-order valence-electron chi connectivity index (χ1n) is 7.24. The minimum Gasteiger partial charge on any atom is -0.494 e. The van der Waals surface area contributed by atoms with Gasteiger partial charge in [-0.3, -0.25) is 9.69 Å². The van der Waals surface area contributed by atoms with Crippen LogP contribution >= 0.6 is 0 Å². The maximum atomic E-state index is 10.8. The third-order valence-electron chi connectivity index (χ3n) is 3.28. The zero-order chi connectivity index (χ0) is 15.0. The topological polar surface area (TPSA) is 49.8 Å². The van der Waals surface area contributed by atoms with Gasteiger partial charge in [-0.2, -0.15) is 0 Å². The first-order chi connectivity index (χ1) is 9.56. The summed E-state index contributed by atoms with van der Waals surface area (Å²) in [6, 6.07) is 8.07.